The van der Waals surface area contributed by atoms with Crippen LogP contribution in [-0.4, -0.2) is 42.5 Å². The predicted molar refractivity (Wildman–Crippen MR) is 115 cm³/mol. The van der Waals surface area contributed by atoms with E-state index in [2.05, 4.69) is 25.4 Å². The standard InChI is InChI=1S/C19H23N7O3S/c1-12(25-27)13-4-3-9-26(11-13)18-16-7-8-21-17(16)23-19(24-18)22-14-5-2-6-15(10-14)30(20,28)29/h2,5-8,10,12-13H,3-4,9,11H2,1H3,(H2,20,28,29)(H2,21,22,23,24). The van der Waals surface area contributed by atoms with Gasteiger partial charge in [0, 0.05) is 30.9 Å². The predicted octanol–water partition coefficient (Wildman–Crippen LogP) is 2.72. The Morgan fingerprint density at radius 3 is 2.93 bits per heavy atom. The second-order valence-corrected chi connectivity index (χ2v) is 9.06. The molecule has 0 bridgehead atoms. The molecule has 10 nitrogen and oxygen atoms in total. The first-order chi connectivity index (χ1) is 14.3. The summed E-state index contributed by atoms with van der Waals surface area (Å²) in [4.78, 5) is 25.5. The van der Waals surface area contributed by atoms with Gasteiger partial charge in [0.25, 0.3) is 0 Å². The molecule has 4 N–H and O–H groups in total. The van der Waals surface area contributed by atoms with Crippen LogP contribution in [0.1, 0.15) is 19.8 Å². The van der Waals surface area contributed by atoms with Crippen molar-refractivity contribution in [3.8, 4) is 0 Å². The number of nitrogens with two attached hydrogens (primary N) is 1. The van der Waals surface area contributed by atoms with Crippen LogP contribution in [0.4, 0.5) is 17.5 Å². The first-order valence-corrected chi connectivity index (χ1v) is 11.2. The van der Waals surface area contributed by atoms with Gasteiger partial charge in [0.05, 0.1) is 16.3 Å². The molecule has 0 aliphatic carbocycles. The maximum atomic E-state index is 11.6. The molecule has 1 aliphatic rings. The van der Waals surface area contributed by atoms with E-state index in [0.29, 0.717) is 23.8 Å². The molecular weight excluding hydrogens is 406 g/mol. The minimum Gasteiger partial charge on any atom is -0.356 e. The normalized spacial score (nSPS) is 18.3. The highest BCUT2D eigenvalue weighted by Crippen LogP contribution is 2.31. The fourth-order valence-corrected chi connectivity index (χ4v) is 4.34. The molecule has 3 heterocycles. The third-order valence-electron chi connectivity index (χ3n) is 5.42. The molecule has 30 heavy (non-hydrogen) atoms. The largest absolute Gasteiger partial charge is 0.356 e. The van der Waals surface area contributed by atoms with Gasteiger partial charge in [-0.1, -0.05) is 11.2 Å². The molecule has 11 heteroatoms. The molecule has 0 spiro atoms. The van der Waals surface area contributed by atoms with Crippen molar-refractivity contribution in [2.45, 2.75) is 30.7 Å². The molecular formula is C19H23N7O3S. The lowest BCUT2D eigenvalue weighted by atomic mass is 9.92. The van der Waals surface area contributed by atoms with Gasteiger partial charge in [-0.05, 0) is 44.0 Å². The number of primary sulfonamides is 1. The zero-order chi connectivity index (χ0) is 21.3. The molecule has 0 amide bonds. The SMILES string of the molecule is CC(N=O)C1CCCN(c2nc(Nc3cccc(S(N)(=O)=O)c3)nc3[nH]ccc23)C1. The van der Waals surface area contributed by atoms with Crippen LogP contribution in [0.25, 0.3) is 11.0 Å². The summed E-state index contributed by atoms with van der Waals surface area (Å²) in [5, 5.41) is 12.4. The monoisotopic (exact) mass is 429 g/mol. The number of anilines is 3. The number of H-pyrrole nitrogens is 1. The van der Waals surface area contributed by atoms with E-state index < -0.39 is 10.0 Å². The number of aromatic nitrogens is 3. The molecule has 1 saturated heterocycles. The lowest BCUT2D eigenvalue weighted by Crippen LogP contribution is -2.39. The molecule has 4 rings (SSSR count). The van der Waals surface area contributed by atoms with E-state index in [9.17, 15) is 13.3 Å². The van der Waals surface area contributed by atoms with E-state index in [1.165, 1.54) is 12.1 Å². The molecule has 0 saturated carbocycles. The topological polar surface area (TPSA) is 146 Å². The average molecular weight is 430 g/mol. The Hall–Kier alpha value is -3.05. The van der Waals surface area contributed by atoms with Crippen molar-refractivity contribution in [1.29, 1.82) is 0 Å². The van der Waals surface area contributed by atoms with Crippen LogP contribution in [0.15, 0.2) is 46.6 Å². The van der Waals surface area contributed by atoms with Gasteiger partial charge in [0.2, 0.25) is 16.0 Å². The minimum atomic E-state index is -3.82. The van der Waals surface area contributed by atoms with Crippen molar-refractivity contribution in [3.63, 3.8) is 0 Å². The van der Waals surface area contributed by atoms with Crippen molar-refractivity contribution < 1.29 is 8.42 Å². The summed E-state index contributed by atoms with van der Waals surface area (Å²) in [7, 11) is -3.82. The number of benzene rings is 1. The molecule has 0 radical (unpaired) electrons. The lowest BCUT2D eigenvalue weighted by molar-refractivity contribution is 0.363. The molecule has 158 valence electrons. The van der Waals surface area contributed by atoms with E-state index in [-0.39, 0.29) is 16.9 Å². The maximum absolute atomic E-state index is 11.6. The molecule has 2 unspecified atom stereocenters. The third-order valence-corrected chi connectivity index (χ3v) is 6.33. The second-order valence-electron chi connectivity index (χ2n) is 7.50. The Balaban J connectivity index is 1.68. The summed E-state index contributed by atoms with van der Waals surface area (Å²) >= 11 is 0. The quantitative estimate of drug-likeness (QED) is 0.510. The van der Waals surface area contributed by atoms with Gasteiger partial charge >= 0.3 is 0 Å². The number of fused-ring (bicyclic) bond motifs is 1. The Labute approximate surface area is 173 Å². The molecule has 2 aromatic heterocycles. The Kier molecular flexibility index (Phi) is 5.39. The van der Waals surface area contributed by atoms with E-state index in [1.54, 1.807) is 18.3 Å². The number of aromatic amines is 1. The highest BCUT2D eigenvalue weighted by atomic mass is 32.2. The highest BCUT2D eigenvalue weighted by Gasteiger charge is 2.27. The summed E-state index contributed by atoms with van der Waals surface area (Å²) in [5.41, 5.74) is 1.17. The zero-order valence-electron chi connectivity index (χ0n) is 16.4. The van der Waals surface area contributed by atoms with Gasteiger partial charge < -0.3 is 15.2 Å². The number of hydrogen-bond acceptors (Lipinski definition) is 8. The first-order valence-electron chi connectivity index (χ1n) is 9.67. The fourth-order valence-electron chi connectivity index (χ4n) is 3.78. The van der Waals surface area contributed by atoms with Crippen LogP contribution in [0.5, 0.6) is 0 Å². The molecule has 1 fully saturated rings. The number of nitroso groups, excluding NO2 is 1. The number of nitrogens with zero attached hydrogens (tertiary/aromatic N) is 4. The first kappa shape index (κ1) is 20.2. The van der Waals surface area contributed by atoms with Crippen LogP contribution in [0, 0.1) is 10.8 Å². The third kappa shape index (κ3) is 4.12. The highest BCUT2D eigenvalue weighted by molar-refractivity contribution is 7.89. The van der Waals surface area contributed by atoms with E-state index >= 15 is 0 Å². The molecule has 3 aromatic rings. The number of sulfonamides is 1. The Bertz CT molecular complexity index is 1180. The van der Waals surface area contributed by atoms with Crippen molar-refractivity contribution >= 4 is 38.5 Å². The summed E-state index contributed by atoms with van der Waals surface area (Å²) in [6.45, 7) is 3.35. The average Bonchev–Trinajstić information content (AvgIpc) is 3.21. The van der Waals surface area contributed by atoms with Gasteiger partial charge in [0.1, 0.15) is 11.5 Å². The number of rotatable bonds is 6. The van der Waals surface area contributed by atoms with Crippen molar-refractivity contribution in [1.82, 2.24) is 15.0 Å². The lowest BCUT2D eigenvalue weighted by Gasteiger charge is -2.34. The summed E-state index contributed by atoms with van der Waals surface area (Å²) < 4.78 is 23.3. The summed E-state index contributed by atoms with van der Waals surface area (Å²) in [6.07, 6.45) is 3.70. The maximum Gasteiger partial charge on any atom is 0.238 e. The Morgan fingerprint density at radius 2 is 2.17 bits per heavy atom. The van der Waals surface area contributed by atoms with Gasteiger partial charge in [-0.15, -0.1) is 0 Å². The van der Waals surface area contributed by atoms with Crippen LogP contribution in [0.3, 0.4) is 0 Å². The summed E-state index contributed by atoms with van der Waals surface area (Å²) in [6, 6.07) is 7.84. The van der Waals surface area contributed by atoms with Crippen LogP contribution in [-0.2, 0) is 10.0 Å². The van der Waals surface area contributed by atoms with Gasteiger partial charge in [0.15, 0.2) is 0 Å². The van der Waals surface area contributed by atoms with Crippen LogP contribution in [0.2, 0.25) is 0 Å². The number of piperidine rings is 1. The number of hydrogen-bond donors (Lipinski definition) is 3. The van der Waals surface area contributed by atoms with E-state index in [4.69, 9.17) is 10.1 Å². The van der Waals surface area contributed by atoms with Crippen LogP contribution >= 0.6 is 0 Å². The fraction of sp³-hybridized carbons (Fsp3) is 0.368. The summed E-state index contributed by atoms with van der Waals surface area (Å²) in [5.74, 6) is 1.26. The van der Waals surface area contributed by atoms with Gasteiger partial charge in [-0.2, -0.15) is 14.9 Å². The number of nitrogens with one attached hydrogen (secondary N) is 2. The van der Waals surface area contributed by atoms with E-state index in [0.717, 1.165) is 30.6 Å². The van der Waals surface area contributed by atoms with Gasteiger partial charge in [-0.3, -0.25) is 0 Å². The van der Waals surface area contributed by atoms with Crippen molar-refractivity contribution in [3.05, 3.63) is 41.4 Å². The molecule has 1 aliphatic heterocycles. The van der Waals surface area contributed by atoms with E-state index in [1.807, 2.05) is 13.0 Å². The minimum absolute atomic E-state index is 0.00268. The van der Waals surface area contributed by atoms with Crippen molar-refractivity contribution in [2.24, 2.45) is 16.2 Å². The van der Waals surface area contributed by atoms with Crippen molar-refractivity contribution in [2.75, 3.05) is 23.3 Å². The molecule has 1 aromatic carbocycles. The molecule has 2 atom stereocenters. The van der Waals surface area contributed by atoms with Gasteiger partial charge in [-0.25, -0.2) is 13.6 Å². The van der Waals surface area contributed by atoms with Crippen LogP contribution < -0.4 is 15.4 Å². The Morgan fingerprint density at radius 1 is 1.33 bits per heavy atom. The smallest absolute Gasteiger partial charge is 0.238 e. The zero-order valence-corrected chi connectivity index (χ0v) is 17.3. The second kappa shape index (κ2) is 8.00.